The lowest BCUT2D eigenvalue weighted by Crippen LogP contribution is -2.29. The van der Waals surface area contributed by atoms with Crippen LogP contribution in [0, 0.1) is 0 Å². The minimum atomic E-state index is -0.206. The number of rotatable bonds is 8. The molecule has 0 radical (unpaired) electrons. The highest BCUT2D eigenvalue weighted by molar-refractivity contribution is 7.98. The smallest absolute Gasteiger partial charge is 0.319 e. The molecule has 1 aliphatic rings. The lowest BCUT2D eigenvalue weighted by molar-refractivity contribution is 0.252. The minimum absolute atomic E-state index is 0.206. The Morgan fingerprint density at radius 2 is 2.00 bits per heavy atom. The molecule has 2 N–H and O–H groups in total. The number of carbonyl (C=O) groups excluding carboxylic acids is 1. The van der Waals surface area contributed by atoms with Gasteiger partial charge < -0.3 is 19.9 Å². The number of hydrogen-bond acceptors (Lipinski definition) is 5. The fourth-order valence-corrected chi connectivity index (χ4v) is 4.02. The van der Waals surface area contributed by atoms with Gasteiger partial charge in [0.2, 0.25) is 0 Å². The number of aryl methyl sites for hydroxylation is 1. The van der Waals surface area contributed by atoms with Crippen LogP contribution in [0.4, 0.5) is 10.5 Å². The topological polar surface area (TPSA) is 81.1 Å². The molecular formula is C19H27N5O2S. The van der Waals surface area contributed by atoms with E-state index in [2.05, 4.69) is 25.4 Å². The molecule has 0 spiro atoms. The summed E-state index contributed by atoms with van der Waals surface area (Å²) in [6, 6.07) is 7.58. The number of urea groups is 1. The standard InChI is InChI=1S/C19H27N5O2S/c1-26-16-11-9-14(10-12-16)21-18(25)20-13-5-8-17-22-23-19(27-2)24(17)15-6-3-4-7-15/h9-12,15H,3-8,13H2,1-2H3,(H2,20,21,25). The van der Waals surface area contributed by atoms with Crippen LogP contribution in [-0.2, 0) is 6.42 Å². The molecule has 8 heteroatoms. The molecule has 0 atom stereocenters. The maximum Gasteiger partial charge on any atom is 0.319 e. The first-order valence-electron chi connectivity index (χ1n) is 9.38. The summed E-state index contributed by atoms with van der Waals surface area (Å²) in [7, 11) is 1.62. The summed E-state index contributed by atoms with van der Waals surface area (Å²) in [6.45, 7) is 0.591. The van der Waals surface area contributed by atoms with E-state index in [-0.39, 0.29) is 6.03 Å². The summed E-state index contributed by atoms with van der Waals surface area (Å²) in [6.07, 6.45) is 8.67. The second-order valence-electron chi connectivity index (χ2n) is 6.62. The molecule has 1 aliphatic carbocycles. The van der Waals surface area contributed by atoms with Crippen LogP contribution in [0.5, 0.6) is 5.75 Å². The first-order valence-corrected chi connectivity index (χ1v) is 10.6. The first kappa shape index (κ1) is 19.5. The molecule has 1 heterocycles. The molecule has 1 aromatic heterocycles. The van der Waals surface area contributed by atoms with E-state index >= 15 is 0 Å². The van der Waals surface area contributed by atoms with Crippen molar-refractivity contribution in [2.24, 2.45) is 0 Å². The van der Waals surface area contributed by atoms with Crippen LogP contribution in [0.1, 0.15) is 44.0 Å². The van der Waals surface area contributed by atoms with Crippen molar-refractivity contribution in [3.8, 4) is 5.75 Å². The van der Waals surface area contributed by atoms with Gasteiger partial charge in [-0.3, -0.25) is 0 Å². The summed E-state index contributed by atoms with van der Waals surface area (Å²) in [4.78, 5) is 12.0. The molecule has 3 rings (SSSR count). The fourth-order valence-electron chi connectivity index (χ4n) is 3.44. The van der Waals surface area contributed by atoms with Crippen molar-refractivity contribution in [1.82, 2.24) is 20.1 Å². The summed E-state index contributed by atoms with van der Waals surface area (Å²) in [5.41, 5.74) is 0.735. The lowest BCUT2D eigenvalue weighted by atomic mass is 10.2. The Bertz CT molecular complexity index is 741. The van der Waals surface area contributed by atoms with Gasteiger partial charge in [0.05, 0.1) is 7.11 Å². The first-order chi connectivity index (χ1) is 13.2. The fraction of sp³-hybridized carbons (Fsp3) is 0.526. The monoisotopic (exact) mass is 389 g/mol. The minimum Gasteiger partial charge on any atom is -0.497 e. The highest BCUT2D eigenvalue weighted by Gasteiger charge is 2.23. The summed E-state index contributed by atoms with van der Waals surface area (Å²) in [5, 5.41) is 15.4. The van der Waals surface area contributed by atoms with Gasteiger partial charge in [-0.15, -0.1) is 10.2 Å². The molecule has 1 saturated carbocycles. The van der Waals surface area contributed by atoms with Gasteiger partial charge >= 0.3 is 6.03 Å². The molecule has 146 valence electrons. The van der Waals surface area contributed by atoms with Gasteiger partial charge in [0.25, 0.3) is 0 Å². The molecule has 7 nitrogen and oxygen atoms in total. The van der Waals surface area contributed by atoms with E-state index in [9.17, 15) is 4.79 Å². The van der Waals surface area contributed by atoms with E-state index in [1.54, 1.807) is 18.9 Å². The lowest BCUT2D eigenvalue weighted by Gasteiger charge is -2.16. The summed E-state index contributed by atoms with van der Waals surface area (Å²) >= 11 is 1.65. The predicted molar refractivity (Wildman–Crippen MR) is 108 cm³/mol. The van der Waals surface area contributed by atoms with Crippen molar-refractivity contribution >= 4 is 23.5 Å². The molecule has 0 aliphatic heterocycles. The van der Waals surface area contributed by atoms with E-state index in [0.29, 0.717) is 12.6 Å². The van der Waals surface area contributed by atoms with Gasteiger partial charge in [0.15, 0.2) is 5.16 Å². The number of amides is 2. The van der Waals surface area contributed by atoms with Crippen LogP contribution >= 0.6 is 11.8 Å². The average Bonchev–Trinajstić information content (AvgIpc) is 3.35. The zero-order chi connectivity index (χ0) is 19.1. The van der Waals surface area contributed by atoms with Crippen molar-refractivity contribution in [2.45, 2.75) is 49.7 Å². The van der Waals surface area contributed by atoms with E-state index in [1.807, 2.05) is 30.5 Å². The van der Waals surface area contributed by atoms with Gasteiger partial charge in [-0.2, -0.15) is 0 Å². The van der Waals surface area contributed by atoms with Crippen LogP contribution < -0.4 is 15.4 Å². The number of aromatic nitrogens is 3. The van der Waals surface area contributed by atoms with Crippen molar-refractivity contribution in [3.63, 3.8) is 0 Å². The number of nitrogens with one attached hydrogen (secondary N) is 2. The van der Waals surface area contributed by atoms with Gasteiger partial charge in [-0.25, -0.2) is 4.79 Å². The van der Waals surface area contributed by atoms with E-state index in [0.717, 1.165) is 35.3 Å². The quantitative estimate of drug-likeness (QED) is 0.529. The van der Waals surface area contributed by atoms with E-state index in [1.165, 1.54) is 25.7 Å². The largest absolute Gasteiger partial charge is 0.497 e. The number of nitrogens with zero attached hydrogens (tertiary/aromatic N) is 3. The molecule has 27 heavy (non-hydrogen) atoms. The molecule has 0 unspecified atom stereocenters. The maximum atomic E-state index is 12.0. The van der Waals surface area contributed by atoms with Gasteiger partial charge in [-0.1, -0.05) is 24.6 Å². The number of carbonyl (C=O) groups is 1. The number of methoxy groups -OCH3 is 1. The molecule has 1 fully saturated rings. The Morgan fingerprint density at radius 1 is 1.26 bits per heavy atom. The number of ether oxygens (including phenoxy) is 1. The number of hydrogen-bond donors (Lipinski definition) is 2. The SMILES string of the molecule is COc1ccc(NC(=O)NCCCc2nnc(SC)n2C2CCCC2)cc1. The van der Waals surface area contributed by atoms with Crippen molar-refractivity contribution < 1.29 is 9.53 Å². The van der Waals surface area contributed by atoms with Crippen LogP contribution in [0.25, 0.3) is 0 Å². The molecule has 1 aromatic carbocycles. The Labute approximate surface area is 164 Å². The Hall–Kier alpha value is -2.22. The Kier molecular flexibility index (Phi) is 6.98. The zero-order valence-electron chi connectivity index (χ0n) is 15.9. The zero-order valence-corrected chi connectivity index (χ0v) is 16.7. The molecule has 2 aromatic rings. The predicted octanol–water partition coefficient (Wildman–Crippen LogP) is 3.88. The molecule has 0 saturated heterocycles. The summed E-state index contributed by atoms with van der Waals surface area (Å²) < 4.78 is 7.42. The van der Waals surface area contributed by atoms with Crippen molar-refractivity contribution in [1.29, 1.82) is 0 Å². The number of benzene rings is 1. The van der Waals surface area contributed by atoms with Crippen LogP contribution in [0.2, 0.25) is 0 Å². The number of thioether (sulfide) groups is 1. The third kappa shape index (κ3) is 5.15. The highest BCUT2D eigenvalue weighted by Crippen LogP contribution is 2.33. The maximum absolute atomic E-state index is 12.0. The van der Waals surface area contributed by atoms with E-state index < -0.39 is 0 Å². The average molecular weight is 390 g/mol. The second kappa shape index (κ2) is 9.64. The third-order valence-electron chi connectivity index (χ3n) is 4.82. The third-order valence-corrected chi connectivity index (χ3v) is 5.46. The molecule has 0 bridgehead atoms. The van der Waals surface area contributed by atoms with Crippen LogP contribution in [0.15, 0.2) is 29.4 Å². The Morgan fingerprint density at radius 3 is 2.67 bits per heavy atom. The molecule has 2 amide bonds. The van der Waals surface area contributed by atoms with E-state index in [4.69, 9.17) is 4.74 Å². The highest BCUT2D eigenvalue weighted by atomic mass is 32.2. The normalized spacial score (nSPS) is 14.3. The van der Waals surface area contributed by atoms with Crippen LogP contribution in [0.3, 0.4) is 0 Å². The van der Waals surface area contributed by atoms with Crippen molar-refractivity contribution in [2.75, 3.05) is 25.2 Å². The molecular weight excluding hydrogens is 362 g/mol. The van der Waals surface area contributed by atoms with Gasteiger partial charge in [0, 0.05) is 24.7 Å². The van der Waals surface area contributed by atoms with Gasteiger partial charge in [0.1, 0.15) is 11.6 Å². The number of anilines is 1. The summed E-state index contributed by atoms with van der Waals surface area (Å²) in [5.74, 6) is 1.79. The van der Waals surface area contributed by atoms with Crippen molar-refractivity contribution in [3.05, 3.63) is 30.1 Å². The second-order valence-corrected chi connectivity index (χ2v) is 7.40. The van der Waals surface area contributed by atoms with Crippen LogP contribution in [-0.4, -0.2) is 40.7 Å². The Balaban J connectivity index is 1.45. The van der Waals surface area contributed by atoms with Gasteiger partial charge in [-0.05, 0) is 49.8 Å².